The van der Waals surface area contributed by atoms with Crippen molar-refractivity contribution in [2.75, 3.05) is 0 Å². The predicted molar refractivity (Wildman–Crippen MR) is 81.3 cm³/mol. The second kappa shape index (κ2) is 5.04. The van der Waals surface area contributed by atoms with Crippen molar-refractivity contribution in [2.24, 2.45) is 0 Å². The zero-order valence-electron chi connectivity index (χ0n) is 11.6. The zero-order chi connectivity index (χ0) is 13.4. The van der Waals surface area contributed by atoms with Crippen molar-refractivity contribution in [3.8, 4) is 0 Å². The van der Waals surface area contributed by atoms with Crippen molar-refractivity contribution >= 4 is 0 Å². The summed E-state index contributed by atoms with van der Waals surface area (Å²) >= 11 is 0. The van der Waals surface area contributed by atoms with Crippen LogP contribution in [0.1, 0.15) is 47.2 Å². The fourth-order valence-corrected chi connectivity index (χ4v) is 3.62. The van der Waals surface area contributed by atoms with Gasteiger partial charge in [0, 0.05) is 12.1 Å². The molecule has 0 bridgehead atoms. The summed E-state index contributed by atoms with van der Waals surface area (Å²) in [6, 6.07) is 18.5. The highest BCUT2D eigenvalue weighted by Crippen LogP contribution is 2.33. The third kappa shape index (κ3) is 2.05. The van der Waals surface area contributed by atoms with Crippen molar-refractivity contribution in [1.82, 2.24) is 10.9 Å². The van der Waals surface area contributed by atoms with Crippen molar-refractivity contribution in [3.63, 3.8) is 0 Å². The highest BCUT2D eigenvalue weighted by atomic mass is 15.4. The van der Waals surface area contributed by atoms with Crippen LogP contribution in [0.2, 0.25) is 0 Å². The molecule has 2 aromatic carbocycles. The third-order valence-electron chi connectivity index (χ3n) is 4.70. The van der Waals surface area contributed by atoms with E-state index in [9.17, 15) is 0 Å². The van der Waals surface area contributed by atoms with Gasteiger partial charge in [0.25, 0.3) is 0 Å². The summed E-state index contributed by atoms with van der Waals surface area (Å²) in [6.07, 6.45) is 4.77. The average Bonchev–Trinajstić information content (AvgIpc) is 3.09. The quantitative estimate of drug-likeness (QED) is 0.830. The van der Waals surface area contributed by atoms with E-state index in [0.717, 1.165) is 0 Å². The van der Waals surface area contributed by atoms with Crippen molar-refractivity contribution in [2.45, 2.75) is 37.8 Å². The Morgan fingerprint density at radius 2 is 1.10 bits per heavy atom. The van der Waals surface area contributed by atoms with E-state index >= 15 is 0 Å². The number of hydrogen-bond donors (Lipinski definition) is 2. The first-order valence-electron chi connectivity index (χ1n) is 7.58. The standard InChI is InChI=1S/C18H20N2/c1-3-7-15-13(5-1)9-11-17(15)19-20-18-12-10-14-6-2-4-8-16(14)18/h1-8,17-20H,9-12H2. The first kappa shape index (κ1) is 12.1. The van der Waals surface area contributed by atoms with Crippen LogP contribution in [-0.4, -0.2) is 0 Å². The molecular weight excluding hydrogens is 244 g/mol. The van der Waals surface area contributed by atoms with E-state index < -0.39 is 0 Å². The van der Waals surface area contributed by atoms with Gasteiger partial charge in [0.1, 0.15) is 0 Å². The van der Waals surface area contributed by atoms with E-state index in [1.54, 1.807) is 0 Å². The van der Waals surface area contributed by atoms with Crippen molar-refractivity contribution in [3.05, 3.63) is 70.8 Å². The van der Waals surface area contributed by atoms with Crippen LogP contribution in [0.15, 0.2) is 48.5 Å². The molecule has 2 unspecified atom stereocenters. The number of hydrogen-bond acceptors (Lipinski definition) is 2. The lowest BCUT2D eigenvalue weighted by atomic mass is 10.1. The molecule has 102 valence electrons. The molecule has 0 amide bonds. The number of hydrazine groups is 1. The summed E-state index contributed by atoms with van der Waals surface area (Å²) in [6.45, 7) is 0. The molecule has 2 aliphatic rings. The summed E-state index contributed by atoms with van der Waals surface area (Å²) in [5, 5.41) is 0. The minimum Gasteiger partial charge on any atom is -0.250 e. The fourth-order valence-electron chi connectivity index (χ4n) is 3.62. The van der Waals surface area contributed by atoms with Crippen molar-refractivity contribution < 1.29 is 0 Å². The maximum Gasteiger partial charge on any atom is 0.0468 e. The van der Waals surface area contributed by atoms with Gasteiger partial charge < -0.3 is 0 Å². The minimum atomic E-state index is 0.457. The lowest BCUT2D eigenvalue weighted by Gasteiger charge is -2.20. The lowest BCUT2D eigenvalue weighted by molar-refractivity contribution is 0.377. The van der Waals surface area contributed by atoms with Gasteiger partial charge >= 0.3 is 0 Å². The fraction of sp³-hybridized carbons (Fsp3) is 0.333. The first-order chi connectivity index (χ1) is 9.92. The van der Waals surface area contributed by atoms with E-state index in [4.69, 9.17) is 0 Å². The van der Waals surface area contributed by atoms with Crippen LogP contribution >= 0.6 is 0 Å². The van der Waals surface area contributed by atoms with Crippen LogP contribution in [0.3, 0.4) is 0 Å². The Hall–Kier alpha value is -1.64. The molecule has 0 aliphatic heterocycles. The molecule has 0 fully saturated rings. The van der Waals surface area contributed by atoms with Gasteiger partial charge in [0.2, 0.25) is 0 Å². The number of aryl methyl sites for hydroxylation is 2. The van der Waals surface area contributed by atoms with Gasteiger partial charge in [-0.15, -0.1) is 0 Å². The van der Waals surface area contributed by atoms with Crippen LogP contribution in [0.5, 0.6) is 0 Å². The van der Waals surface area contributed by atoms with E-state index in [1.165, 1.54) is 47.9 Å². The molecule has 0 heterocycles. The highest BCUT2D eigenvalue weighted by molar-refractivity contribution is 5.35. The van der Waals surface area contributed by atoms with Gasteiger partial charge in [-0.1, -0.05) is 48.5 Å². The molecule has 2 N–H and O–H groups in total. The van der Waals surface area contributed by atoms with Crippen LogP contribution in [0.4, 0.5) is 0 Å². The molecule has 2 atom stereocenters. The summed E-state index contributed by atoms with van der Waals surface area (Å²) < 4.78 is 0. The number of nitrogens with one attached hydrogen (secondary N) is 2. The zero-order valence-corrected chi connectivity index (χ0v) is 11.6. The first-order valence-corrected chi connectivity index (χ1v) is 7.58. The molecule has 20 heavy (non-hydrogen) atoms. The smallest absolute Gasteiger partial charge is 0.0468 e. The van der Waals surface area contributed by atoms with Gasteiger partial charge in [-0.05, 0) is 47.9 Å². The normalized spacial score (nSPS) is 23.6. The molecule has 0 aromatic heterocycles. The molecule has 2 aliphatic carbocycles. The van der Waals surface area contributed by atoms with Crippen LogP contribution in [-0.2, 0) is 12.8 Å². The number of fused-ring (bicyclic) bond motifs is 2. The maximum absolute atomic E-state index is 3.57. The molecule has 2 aromatic rings. The lowest BCUT2D eigenvalue weighted by Crippen LogP contribution is -2.36. The Bertz CT molecular complexity index is 565. The summed E-state index contributed by atoms with van der Waals surface area (Å²) in [5.41, 5.74) is 13.1. The van der Waals surface area contributed by atoms with Crippen LogP contribution < -0.4 is 10.9 Å². The minimum absolute atomic E-state index is 0.457. The van der Waals surface area contributed by atoms with Crippen LogP contribution in [0, 0.1) is 0 Å². The van der Waals surface area contributed by atoms with E-state index in [-0.39, 0.29) is 0 Å². The Morgan fingerprint density at radius 1 is 0.650 bits per heavy atom. The molecule has 0 radical (unpaired) electrons. The third-order valence-corrected chi connectivity index (χ3v) is 4.70. The molecule has 0 saturated carbocycles. The largest absolute Gasteiger partial charge is 0.250 e. The second-order valence-electron chi connectivity index (χ2n) is 5.87. The van der Waals surface area contributed by atoms with Gasteiger partial charge in [-0.3, -0.25) is 0 Å². The Kier molecular flexibility index (Phi) is 3.06. The SMILES string of the molecule is c1ccc2c(c1)CCC2NNC1CCc2ccccc21. The van der Waals surface area contributed by atoms with Gasteiger partial charge in [0.15, 0.2) is 0 Å². The van der Waals surface area contributed by atoms with Crippen LogP contribution in [0.25, 0.3) is 0 Å². The summed E-state index contributed by atoms with van der Waals surface area (Å²) in [5.74, 6) is 0. The Balaban J connectivity index is 1.45. The number of rotatable bonds is 3. The topological polar surface area (TPSA) is 24.1 Å². The molecular formula is C18H20N2. The average molecular weight is 264 g/mol. The molecule has 0 saturated heterocycles. The van der Waals surface area contributed by atoms with Crippen molar-refractivity contribution in [1.29, 1.82) is 0 Å². The van der Waals surface area contributed by atoms with E-state index in [2.05, 4.69) is 59.4 Å². The Morgan fingerprint density at radius 3 is 1.60 bits per heavy atom. The van der Waals surface area contributed by atoms with Gasteiger partial charge in [0.05, 0.1) is 0 Å². The maximum atomic E-state index is 3.57. The second-order valence-corrected chi connectivity index (χ2v) is 5.87. The molecule has 2 nitrogen and oxygen atoms in total. The molecule has 2 heteroatoms. The van der Waals surface area contributed by atoms with Gasteiger partial charge in [-0.2, -0.15) is 0 Å². The van der Waals surface area contributed by atoms with E-state index in [1.807, 2.05) is 0 Å². The summed E-state index contributed by atoms with van der Waals surface area (Å²) in [7, 11) is 0. The summed E-state index contributed by atoms with van der Waals surface area (Å²) in [4.78, 5) is 0. The van der Waals surface area contributed by atoms with E-state index in [0.29, 0.717) is 12.1 Å². The Labute approximate surface area is 120 Å². The molecule has 4 rings (SSSR count). The number of benzene rings is 2. The predicted octanol–water partition coefficient (Wildman–Crippen LogP) is 3.46. The van der Waals surface area contributed by atoms with Gasteiger partial charge in [-0.25, -0.2) is 10.9 Å². The monoisotopic (exact) mass is 264 g/mol. The molecule has 0 spiro atoms. The highest BCUT2D eigenvalue weighted by Gasteiger charge is 2.25.